The summed E-state index contributed by atoms with van der Waals surface area (Å²) >= 11 is 0. The molecule has 0 fully saturated rings. The van der Waals surface area contributed by atoms with Crippen molar-refractivity contribution in [1.82, 2.24) is 5.32 Å². The number of benzene rings is 1. The molecule has 1 unspecified atom stereocenters. The molecule has 1 aromatic rings. The molecule has 0 aliphatic heterocycles. The Bertz CT molecular complexity index is 397. The molecule has 0 saturated carbocycles. The molecule has 0 spiro atoms. The van der Waals surface area contributed by atoms with Crippen molar-refractivity contribution < 1.29 is 9.53 Å². The van der Waals surface area contributed by atoms with Crippen molar-refractivity contribution in [2.24, 2.45) is 0 Å². The minimum Gasteiger partial charge on any atom is -0.410 e. The van der Waals surface area contributed by atoms with E-state index in [1.54, 1.807) is 31.2 Å². The zero-order chi connectivity index (χ0) is 12.0. The molecule has 0 aliphatic carbocycles. The predicted molar refractivity (Wildman–Crippen MR) is 59.9 cm³/mol. The molecule has 4 nitrogen and oxygen atoms in total. The lowest BCUT2D eigenvalue weighted by molar-refractivity contribution is 0.191. The maximum absolute atomic E-state index is 11.5. The Morgan fingerprint density at radius 2 is 2.12 bits per heavy atom. The molecule has 84 valence electrons. The number of ether oxygens (including phenoxy) is 1. The minimum absolute atomic E-state index is 0.455. The molecule has 0 aromatic heterocycles. The Morgan fingerprint density at radius 1 is 1.50 bits per heavy atom. The molecular weight excluding hydrogens is 204 g/mol. The first kappa shape index (κ1) is 12.1. The Labute approximate surface area is 94.8 Å². The van der Waals surface area contributed by atoms with Gasteiger partial charge in [0.1, 0.15) is 11.3 Å². The summed E-state index contributed by atoms with van der Waals surface area (Å²) in [4.78, 5) is 11.5. The van der Waals surface area contributed by atoms with Crippen LogP contribution in [0.3, 0.4) is 0 Å². The van der Waals surface area contributed by atoms with E-state index in [0.29, 0.717) is 12.2 Å². The molecule has 0 saturated heterocycles. The second kappa shape index (κ2) is 5.17. The molecule has 1 aromatic carbocycles. The summed E-state index contributed by atoms with van der Waals surface area (Å²) in [5.74, 6) is 0.455. The lowest BCUT2D eigenvalue weighted by atomic mass is 10.0. The number of amides is 1. The van der Waals surface area contributed by atoms with E-state index in [-0.39, 0.29) is 0 Å². The third-order valence-corrected chi connectivity index (χ3v) is 2.29. The van der Waals surface area contributed by atoms with Gasteiger partial charge in [0.25, 0.3) is 0 Å². The van der Waals surface area contributed by atoms with Crippen LogP contribution in [0.4, 0.5) is 4.79 Å². The topological polar surface area (TPSA) is 62.1 Å². The maximum Gasteiger partial charge on any atom is 0.413 e. The molecule has 4 heteroatoms. The summed E-state index contributed by atoms with van der Waals surface area (Å²) in [7, 11) is 0. The molecule has 1 amide bonds. The molecule has 0 heterocycles. The average molecular weight is 218 g/mol. The van der Waals surface area contributed by atoms with Gasteiger partial charge in [0.05, 0.1) is 6.07 Å². The average Bonchev–Trinajstić information content (AvgIpc) is 2.30. The lowest BCUT2D eigenvalue weighted by Gasteiger charge is -2.20. The van der Waals surface area contributed by atoms with Gasteiger partial charge in [0, 0.05) is 0 Å². The first-order chi connectivity index (χ1) is 7.59. The van der Waals surface area contributed by atoms with Crippen molar-refractivity contribution in [1.29, 1.82) is 5.26 Å². The normalized spacial score (nSPS) is 13.3. The number of rotatable bonds is 3. The third kappa shape index (κ3) is 3.28. The summed E-state index contributed by atoms with van der Waals surface area (Å²) in [6, 6.07) is 10.8. The first-order valence-corrected chi connectivity index (χ1v) is 5.06. The zero-order valence-electron chi connectivity index (χ0n) is 9.36. The highest BCUT2D eigenvalue weighted by molar-refractivity contribution is 5.71. The van der Waals surface area contributed by atoms with E-state index in [4.69, 9.17) is 10.00 Å². The van der Waals surface area contributed by atoms with Crippen LogP contribution in [0.15, 0.2) is 30.3 Å². The van der Waals surface area contributed by atoms with Gasteiger partial charge in [-0.1, -0.05) is 25.1 Å². The van der Waals surface area contributed by atoms with E-state index in [2.05, 4.69) is 5.32 Å². The number of hydrogen-bond acceptors (Lipinski definition) is 3. The number of carbonyl (C=O) groups is 1. The van der Waals surface area contributed by atoms with Crippen LogP contribution in [0.2, 0.25) is 0 Å². The predicted octanol–water partition coefficient (Wildman–Crippen LogP) is 2.47. The van der Waals surface area contributed by atoms with Crippen molar-refractivity contribution in [3.05, 3.63) is 30.3 Å². The van der Waals surface area contributed by atoms with Crippen LogP contribution in [-0.2, 0) is 0 Å². The van der Waals surface area contributed by atoms with E-state index >= 15 is 0 Å². The molecule has 0 aliphatic rings. The Morgan fingerprint density at radius 3 is 2.62 bits per heavy atom. The van der Waals surface area contributed by atoms with Gasteiger partial charge in [-0.25, -0.2) is 4.79 Å². The van der Waals surface area contributed by atoms with Crippen molar-refractivity contribution in [3.63, 3.8) is 0 Å². The first-order valence-electron chi connectivity index (χ1n) is 5.06. The molecule has 1 N–H and O–H groups in total. The number of nitriles is 1. The summed E-state index contributed by atoms with van der Waals surface area (Å²) < 4.78 is 5.01. The van der Waals surface area contributed by atoms with Gasteiger partial charge in [0.2, 0.25) is 0 Å². The highest BCUT2D eigenvalue weighted by Gasteiger charge is 2.24. The van der Waals surface area contributed by atoms with Gasteiger partial charge >= 0.3 is 6.09 Å². The summed E-state index contributed by atoms with van der Waals surface area (Å²) in [6.45, 7) is 3.48. The SMILES string of the molecule is CCC(C)(C#N)NC(=O)Oc1ccccc1. The highest BCUT2D eigenvalue weighted by atomic mass is 16.6. The van der Waals surface area contributed by atoms with Gasteiger partial charge in [-0.15, -0.1) is 0 Å². The number of para-hydroxylation sites is 1. The third-order valence-electron chi connectivity index (χ3n) is 2.29. The van der Waals surface area contributed by atoms with Crippen molar-refractivity contribution in [2.45, 2.75) is 25.8 Å². The van der Waals surface area contributed by atoms with Gasteiger partial charge < -0.3 is 10.1 Å². The van der Waals surface area contributed by atoms with Gasteiger partial charge in [-0.2, -0.15) is 5.26 Å². The summed E-state index contributed by atoms with van der Waals surface area (Å²) in [5, 5.41) is 11.4. The van der Waals surface area contributed by atoms with Crippen LogP contribution in [0.5, 0.6) is 5.75 Å². The fourth-order valence-electron chi connectivity index (χ4n) is 1.04. The number of nitrogens with one attached hydrogen (secondary N) is 1. The summed E-state index contributed by atoms with van der Waals surface area (Å²) in [6.07, 6.45) is -0.0926. The second-order valence-corrected chi connectivity index (χ2v) is 3.63. The van der Waals surface area contributed by atoms with E-state index < -0.39 is 11.6 Å². The van der Waals surface area contributed by atoms with Crippen molar-refractivity contribution in [2.75, 3.05) is 0 Å². The van der Waals surface area contributed by atoms with Crippen molar-refractivity contribution >= 4 is 6.09 Å². The van der Waals surface area contributed by atoms with Gasteiger partial charge in [0.15, 0.2) is 0 Å². The van der Waals surface area contributed by atoms with Gasteiger partial charge in [-0.05, 0) is 25.5 Å². The quantitative estimate of drug-likeness (QED) is 0.847. The second-order valence-electron chi connectivity index (χ2n) is 3.63. The number of carbonyl (C=O) groups excluding carboxylic acids is 1. The van der Waals surface area contributed by atoms with Crippen LogP contribution in [-0.4, -0.2) is 11.6 Å². The molecule has 16 heavy (non-hydrogen) atoms. The molecule has 0 radical (unpaired) electrons. The van der Waals surface area contributed by atoms with Crippen LogP contribution in [0.1, 0.15) is 20.3 Å². The monoisotopic (exact) mass is 218 g/mol. The van der Waals surface area contributed by atoms with E-state index in [1.807, 2.05) is 19.1 Å². The standard InChI is InChI=1S/C12H14N2O2/c1-3-12(2,9-13)14-11(15)16-10-7-5-4-6-8-10/h4-8H,3H2,1-2H3,(H,14,15). The van der Waals surface area contributed by atoms with Crippen molar-refractivity contribution in [3.8, 4) is 11.8 Å². The fourth-order valence-corrected chi connectivity index (χ4v) is 1.04. The largest absolute Gasteiger partial charge is 0.413 e. The van der Waals surface area contributed by atoms with Crippen LogP contribution >= 0.6 is 0 Å². The number of nitrogens with zero attached hydrogens (tertiary/aromatic N) is 1. The fraction of sp³-hybridized carbons (Fsp3) is 0.333. The molecule has 0 bridgehead atoms. The van der Waals surface area contributed by atoms with E-state index in [9.17, 15) is 4.79 Å². The van der Waals surface area contributed by atoms with E-state index in [0.717, 1.165) is 0 Å². The Balaban J connectivity index is 2.59. The maximum atomic E-state index is 11.5. The molecule has 1 atom stereocenters. The minimum atomic E-state index is -0.883. The lowest BCUT2D eigenvalue weighted by Crippen LogP contribution is -2.45. The molecular formula is C12H14N2O2. The van der Waals surface area contributed by atoms with Crippen LogP contribution in [0, 0.1) is 11.3 Å². The number of hydrogen-bond donors (Lipinski definition) is 1. The van der Waals surface area contributed by atoms with Gasteiger partial charge in [-0.3, -0.25) is 0 Å². The smallest absolute Gasteiger partial charge is 0.410 e. The highest BCUT2D eigenvalue weighted by Crippen LogP contribution is 2.11. The van der Waals surface area contributed by atoms with E-state index in [1.165, 1.54) is 0 Å². The summed E-state index contributed by atoms with van der Waals surface area (Å²) in [5.41, 5.74) is -0.883. The van der Waals surface area contributed by atoms with Crippen LogP contribution < -0.4 is 10.1 Å². The molecule has 1 rings (SSSR count). The Hall–Kier alpha value is -2.02. The van der Waals surface area contributed by atoms with Crippen LogP contribution in [0.25, 0.3) is 0 Å². The zero-order valence-corrected chi connectivity index (χ0v) is 9.36. The Kier molecular flexibility index (Phi) is 3.90.